The van der Waals surface area contributed by atoms with Gasteiger partial charge in [-0.05, 0) is 45.4 Å². The van der Waals surface area contributed by atoms with Gasteiger partial charge in [-0.25, -0.2) is 0 Å². The van der Waals surface area contributed by atoms with Crippen LogP contribution in [0.3, 0.4) is 0 Å². The zero-order valence-corrected chi connectivity index (χ0v) is 15.8. The lowest BCUT2D eigenvalue weighted by Gasteiger charge is -2.24. The van der Waals surface area contributed by atoms with Gasteiger partial charge < -0.3 is 14.2 Å². The summed E-state index contributed by atoms with van der Waals surface area (Å²) < 4.78 is 95.2. The smallest absolute Gasteiger partial charge is 0.383 e. The van der Waals surface area contributed by atoms with Crippen molar-refractivity contribution in [2.24, 2.45) is 0 Å². The van der Waals surface area contributed by atoms with Crippen molar-refractivity contribution in [1.29, 1.82) is 0 Å². The van der Waals surface area contributed by atoms with E-state index in [-0.39, 0.29) is 6.61 Å². The minimum Gasteiger partial charge on any atom is -0.491 e. The highest BCUT2D eigenvalue weighted by molar-refractivity contribution is 5.36. The molecule has 0 unspecified atom stereocenters. The van der Waals surface area contributed by atoms with Crippen molar-refractivity contribution >= 4 is 0 Å². The van der Waals surface area contributed by atoms with Crippen LogP contribution in [0.4, 0.5) is 26.3 Å². The van der Waals surface area contributed by atoms with Gasteiger partial charge in [0, 0.05) is 32.5 Å². The SMILES string of the molecule is COCCCCCOCCCCCCOC1=C(C)C(F)(F)C(F)(F)C1(F)F. The fraction of sp³-hybridized carbons (Fsp3) is 0.889. The Hall–Kier alpha value is -0.960. The van der Waals surface area contributed by atoms with Gasteiger partial charge in [-0.2, -0.15) is 26.3 Å². The molecular weight excluding hydrogens is 378 g/mol. The van der Waals surface area contributed by atoms with Crippen molar-refractivity contribution < 1.29 is 40.6 Å². The Morgan fingerprint density at radius 3 is 1.63 bits per heavy atom. The number of hydrogen-bond acceptors (Lipinski definition) is 3. The molecule has 0 bridgehead atoms. The molecule has 1 aliphatic carbocycles. The molecule has 0 aliphatic heterocycles. The maximum Gasteiger partial charge on any atom is 0.383 e. The van der Waals surface area contributed by atoms with Crippen LogP contribution < -0.4 is 0 Å². The highest BCUT2D eigenvalue weighted by atomic mass is 19.3. The maximum absolute atomic E-state index is 13.5. The Bertz CT molecular complexity index is 480. The largest absolute Gasteiger partial charge is 0.491 e. The summed E-state index contributed by atoms with van der Waals surface area (Å²) >= 11 is 0. The van der Waals surface area contributed by atoms with Crippen molar-refractivity contribution in [2.45, 2.75) is 69.6 Å². The number of hydrogen-bond donors (Lipinski definition) is 0. The Morgan fingerprint density at radius 1 is 0.667 bits per heavy atom. The molecule has 0 aromatic carbocycles. The van der Waals surface area contributed by atoms with E-state index in [1.165, 1.54) is 0 Å². The second kappa shape index (κ2) is 10.5. The van der Waals surface area contributed by atoms with E-state index in [0.29, 0.717) is 33.0 Å². The van der Waals surface area contributed by atoms with E-state index in [0.717, 1.165) is 38.7 Å². The molecule has 0 aromatic rings. The quantitative estimate of drug-likeness (QED) is 0.278. The molecule has 3 nitrogen and oxygen atoms in total. The fourth-order valence-electron chi connectivity index (χ4n) is 2.72. The molecule has 0 aromatic heterocycles. The maximum atomic E-state index is 13.5. The van der Waals surface area contributed by atoms with E-state index in [1.54, 1.807) is 7.11 Å². The summed E-state index contributed by atoms with van der Waals surface area (Å²) in [6.45, 7) is 2.22. The predicted molar refractivity (Wildman–Crippen MR) is 88.5 cm³/mol. The van der Waals surface area contributed by atoms with Crippen LogP contribution in [0.5, 0.6) is 0 Å². The standard InChI is InChI=1S/C18H28F6O3/c1-14-15(17(21,22)18(23,24)16(14,19)20)27-13-9-4-3-7-11-26-12-8-5-6-10-25-2/h3-13H2,1-2H3. The molecule has 0 spiro atoms. The number of methoxy groups -OCH3 is 1. The summed E-state index contributed by atoms with van der Waals surface area (Å²) in [5.74, 6) is -17.0. The van der Waals surface area contributed by atoms with E-state index in [1.807, 2.05) is 0 Å². The average molecular weight is 406 g/mol. The second-order valence-electron chi connectivity index (χ2n) is 6.61. The third-order valence-electron chi connectivity index (χ3n) is 4.45. The highest BCUT2D eigenvalue weighted by Crippen LogP contribution is 2.59. The molecule has 0 saturated heterocycles. The van der Waals surface area contributed by atoms with E-state index in [9.17, 15) is 26.3 Å². The van der Waals surface area contributed by atoms with Crippen LogP contribution in [0.25, 0.3) is 0 Å². The number of rotatable bonds is 14. The average Bonchev–Trinajstić information content (AvgIpc) is 2.68. The molecule has 0 N–H and O–H groups in total. The van der Waals surface area contributed by atoms with Crippen LogP contribution in [0, 0.1) is 0 Å². The molecule has 1 rings (SSSR count). The number of alkyl halides is 6. The lowest BCUT2D eigenvalue weighted by atomic mass is 10.1. The molecule has 0 radical (unpaired) electrons. The molecule has 0 saturated carbocycles. The lowest BCUT2D eigenvalue weighted by molar-refractivity contribution is -0.271. The van der Waals surface area contributed by atoms with Crippen molar-refractivity contribution in [2.75, 3.05) is 33.5 Å². The fourth-order valence-corrected chi connectivity index (χ4v) is 2.72. The van der Waals surface area contributed by atoms with Gasteiger partial charge in [0.15, 0.2) is 5.76 Å². The number of unbranched alkanes of at least 4 members (excludes halogenated alkanes) is 5. The molecule has 0 heterocycles. The lowest BCUT2D eigenvalue weighted by Crippen LogP contribution is -2.49. The molecule has 160 valence electrons. The van der Waals surface area contributed by atoms with E-state index in [4.69, 9.17) is 9.47 Å². The third-order valence-corrected chi connectivity index (χ3v) is 4.45. The first-order valence-electron chi connectivity index (χ1n) is 9.15. The highest BCUT2D eigenvalue weighted by Gasteiger charge is 2.80. The van der Waals surface area contributed by atoms with E-state index in [2.05, 4.69) is 4.74 Å². The van der Waals surface area contributed by atoms with Crippen molar-refractivity contribution in [1.82, 2.24) is 0 Å². The molecule has 0 amide bonds. The van der Waals surface area contributed by atoms with Crippen LogP contribution in [0.2, 0.25) is 0 Å². The first kappa shape index (κ1) is 24.1. The third kappa shape index (κ3) is 5.76. The first-order chi connectivity index (χ1) is 12.6. The van der Waals surface area contributed by atoms with Gasteiger partial charge in [0.1, 0.15) is 0 Å². The van der Waals surface area contributed by atoms with Gasteiger partial charge in [-0.1, -0.05) is 6.42 Å². The molecule has 9 heteroatoms. The van der Waals surface area contributed by atoms with E-state index < -0.39 is 29.1 Å². The number of ether oxygens (including phenoxy) is 3. The van der Waals surface area contributed by atoms with Crippen LogP contribution >= 0.6 is 0 Å². The molecule has 1 aliphatic rings. The Balaban J connectivity index is 2.14. The topological polar surface area (TPSA) is 27.7 Å². The van der Waals surface area contributed by atoms with Crippen LogP contribution in [-0.2, 0) is 14.2 Å². The summed E-state index contributed by atoms with van der Waals surface area (Å²) in [5, 5.41) is 0. The summed E-state index contributed by atoms with van der Waals surface area (Å²) in [4.78, 5) is 0. The van der Waals surface area contributed by atoms with Gasteiger partial charge in [0.25, 0.3) is 0 Å². The zero-order valence-electron chi connectivity index (χ0n) is 15.8. The van der Waals surface area contributed by atoms with Gasteiger partial charge >= 0.3 is 17.8 Å². The zero-order chi connectivity index (χ0) is 20.6. The van der Waals surface area contributed by atoms with Gasteiger partial charge in [0.2, 0.25) is 0 Å². The summed E-state index contributed by atoms with van der Waals surface area (Å²) in [5.41, 5.74) is -1.41. The second-order valence-corrected chi connectivity index (χ2v) is 6.61. The first-order valence-corrected chi connectivity index (χ1v) is 9.15. The normalized spacial score (nSPS) is 20.3. The minimum atomic E-state index is -5.47. The minimum absolute atomic E-state index is 0.307. The van der Waals surface area contributed by atoms with Gasteiger partial charge in [0.05, 0.1) is 6.61 Å². The molecular formula is C18H28F6O3. The number of halogens is 6. The van der Waals surface area contributed by atoms with Crippen LogP contribution in [-0.4, -0.2) is 51.3 Å². The molecule has 0 fully saturated rings. The van der Waals surface area contributed by atoms with Crippen LogP contribution in [0.15, 0.2) is 11.3 Å². The monoisotopic (exact) mass is 406 g/mol. The molecule has 27 heavy (non-hydrogen) atoms. The Morgan fingerprint density at radius 2 is 1.15 bits per heavy atom. The van der Waals surface area contributed by atoms with Crippen molar-refractivity contribution in [3.05, 3.63) is 11.3 Å². The van der Waals surface area contributed by atoms with Crippen LogP contribution in [0.1, 0.15) is 51.9 Å². The predicted octanol–water partition coefficient (Wildman–Crippen LogP) is 5.59. The number of allylic oxidation sites excluding steroid dienone is 2. The Kier molecular flexibility index (Phi) is 9.41. The summed E-state index contributed by atoms with van der Waals surface area (Å²) in [6.07, 6.45) is 5.40. The summed E-state index contributed by atoms with van der Waals surface area (Å²) in [6, 6.07) is 0. The van der Waals surface area contributed by atoms with E-state index >= 15 is 0 Å². The van der Waals surface area contributed by atoms with Gasteiger partial charge in [-0.3, -0.25) is 0 Å². The van der Waals surface area contributed by atoms with Crippen molar-refractivity contribution in [3.8, 4) is 0 Å². The summed E-state index contributed by atoms with van der Waals surface area (Å²) in [7, 11) is 1.66. The Labute approximate surface area is 156 Å². The van der Waals surface area contributed by atoms with Crippen molar-refractivity contribution in [3.63, 3.8) is 0 Å². The van der Waals surface area contributed by atoms with Gasteiger partial charge in [-0.15, -0.1) is 0 Å². The molecule has 0 atom stereocenters.